The molecule has 2 aromatic carbocycles. The first-order chi connectivity index (χ1) is 15.0. The zero-order valence-electron chi connectivity index (χ0n) is 17.6. The van der Waals surface area contributed by atoms with Crippen molar-refractivity contribution in [1.82, 2.24) is 24.7 Å². The Morgan fingerprint density at radius 2 is 1.90 bits per heavy atom. The van der Waals surface area contributed by atoms with E-state index in [1.807, 2.05) is 48.7 Å². The molecule has 6 nitrogen and oxygen atoms in total. The third-order valence-electron chi connectivity index (χ3n) is 5.25. The highest BCUT2D eigenvalue weighted by Crippen LogP contribution is 2.28. The van der Waals surface area contributed by atoms with Crippen molar-refractivity contribution in [3.05, 3.63) is 77.8 Å². The van der Waals surface area contributed by atoms with Gasteiger partial charge in [-0.05, 0) is 43.2 Å². The minimum atomic E-state index is 0.0859. The van der Waals surface area contributed by atoms with E-state index in [0.29, 0.717) is 0 Å². The maximum atomic E-state index is 4.66. The van der Waals surface area contributed by atoms with Crippen molar-refractivity contribution in [3.63, 3.8) is 0 Å². The number of rotatable bonds is 5. The second-order valence-electron chi connectivity index (χ2n) is 7.61. The SMILES string of the molecule is Cc1nc(NC(C)c2cccc(-c3cnn(C)c3)c2)cc(-c2ccc3ncsc3c2)n1. The Bertz CT molecular complexity index is 1370. The molecule has 0 amide bonds. The van der Waals surface area contributed by atoms with E-state index < -0.39 is 0 Å². The fraction of sp³-hybridized carbons (Fsp3) is 0.167. The Morgan fingerprint density at radius 3 is 2.74 bits per heavy atom. The Morgan fingerprint density at radius 1 is 1.00 bits per heavy atom. The first kappa shape index (κ1) is 19.4. The van der Waals surface area contributed by atoms with Gasteiger partial charge in [-0.15, -0.1) is 11.3 Å². The summed E-state index contributed by atoms with van der Waals surface area (Å²) in [6, 6.07) is 16.9. The van der Waals surface area contributed by atoms with E-state index >= 15 is 0 Å². The van der Waals surface area contributed by atoms with Crippen LogP contribution in [0, 0.1) is 6.92 Å². The molecule has 0 fully saturated rings. The zero-order valence-corrected chi connectivity index (χ0v) is 18.4. The number of aromatic nitrogens is 5. The van der Waals surface area contributed by atoms with Gasteiger partial charge in [-0.25, -0.2) is 15.0 Å². The second kappa shape index (κ2) is 7.92. The van der Waals surface area contributed by atoms with Crippen LogP contribution in [0.4, 0.5) is 5.82 Å². The highest BCUT2D eigenvalue weighted by Gasteiger charge is 2.11. The Labute approximate surface area is 184 Å². The largest absolute Gasteiger partial charge is 0.363 e. The van der Waals surface area contributed by atoms with Crippen LogP contribution in [0.3, 0.4) is 0 Å². The third kappa shape index (κ3) is 4.04. The summed E-state index contributed by atoms with van der Waals surface area (Å²) in [4.78, 5) is 13.6. The van der Waals surface area contributed by atoms with Crippen LogP contribution in [-0.2, 0) is 7.05 Å². The number of thiazole rings is 1. The first-order valence-corrected chi connectivity index (χ1v) is 11.0. The molecular formula is C24H22N6S. The summed E-state index contributed by atoms with van der Waals surface area (Å²) in [5.74, 6) is 1.55. The van der Waals surface area contributed by atoms with Crippen LogP contribution in [0.2, 0.25) is 0 Å². The summed E-state index contributed by atoms with van der Waals surface area (Å²) in [5.41, 5.74) is 8.30. The van der Waals surface area contributed by atoms with Gasteiger partial charge >= 0.3 is 0 Å². The highest BCUT2D eigenvalue weighted by molar-refractivity contribution is 7.16. The molecule has 0 spiro atoms. The van der Waals surface area contributed by atoms with Gasteiger partial charge < -0.3 is 5.32 Å². The van der Waals surface area contributed by atoms with E-state index in [2.05, 4.69) is 68.7 Å². The number of hydrogen-bond donors (Lipinski definition) is 1. The lowest BCUT2D eigenvalue weighted by Crippen LogP contribution is -2.09. The Hall–Kier alpha value is -3.58. The van der Waals surface area contributed by atoms with E-state index in [0.717, 1.165) is 44.2 Å². The molecule has 0 saturated carbocycles. The summed E-state index contributed by atoms with van der Waals surface area (Å²) in [7, 11) is 1.93. The molecule has 5 rings (SSSR count). The van der Waals surface area contributed by atoms with Gasteiger partial charge in [-0.2, -0.15) is 5.10 Å². The molecule has 1 atom stereocenters. The van der Waals surface area contributed by atoms with Gasteiger partial charge in [0.25, 0.3) is 0 Å². The lowest BCUT2D eigenvalue weighted by molar-refractivity contribution is 0.768. The number of nitrogens with zero attached hydrogens (tertiary/aromatic N) is 5. The number of aryl methyl sites for hydroxylation is 2. The normalized spacial score (nSPS) is 12.2. The molecular weight excluding hydrogens is 404 g/mol. The van der Waals surface area contributed by atoms with Crippen molar-refractivity contribution >= 4 is 27.4 Å². The molecule has 154 valence electrons. The lowest BCUT2D eigenvalue weighted by atomic mass is 10.0. The van der Waals surface area contributed by atoms with E-state index in [1.54, 1.807) is 11.3 Å². The maximum Gasteiger partial charge on any atom is 0.130 e. The maximum absolute atomic E-state index is 4.66. The summed E-state index contributed by atoms with van der Waals surface area (Å²) < 4.78 is 2.97. The van der Waals surface area contributed by atoms with E-state index in [1.165, 1.54) is 5.56 Å². The van der Waals surface area contributed by atoms with Crippen LogP contribution in [0.25, 0.3) is 32.6 Å². The van der Waals surface area contributed by atoms with Gasteiger partial charge in [0, 0.05) is 36.5 Å². The first-order valence-electron chi connectivity index (χ1n) is 10.1. The smallest absolute Gasteiger partial charge is 0.130 e. The number of anilines is 1. The topological polar surface area (TPSA) is 68.5 Å². The van der Waals surface area contributed by atoms with Crippen molar-refractivity contribution in [3.8, 4) is 22.4 Å². The molecule has 0 aliphatic rings. The number of fused-ring (bicyclic) bond motifs is 1. The number of nitrogens with one attached hydrogen (secondary N) is 1. The predicted molar refractivity (Wildman–Crippen MR) is 126 cm³/mol. The summed E-state index contributed by atoms with van der Waals surface area (Å²) >= 11 is 1.64. The van der Waals surface area contributed by atoms with Crippen LogP contribution in [-0.4, -0.2) is 24.7 Å². The van der Waals surface area contributed by atoms with Crippen molar-refractivity contribution in [2.45, 2.75) is 19.9 Å². The van der Waals surface area contributed by atoms with Crippen LogP contribution in [0.15, 0.2) is 66.4 Å². The standard InChI is InChI=1S/C24H22N6S/c1-15(17-5-4-6-18(9-17)20-12-26-30(3)13-20)27-24-11-22(28-16(2)29-24)19-7-8-21-23(10-19)31-14-25-21/h4-15H,1-3H3,(H,27,28,29). The second-order valence-corrected chi connectivity index (χ2v) is 8.50. The van der Waals surface area contributed by atoms with Crippen LogP contribution in [0.5, 0.6) is 0 Å². The fourth-order valence-electron chi connectivity index (χ4n) is 3.67. The minimum absolute atomic E-state index is 0.0859. The van der Waals surface area contributed by atoms with Gasteiger partial charge in [-0.1, -0.05) is 24.3 Å². The molecule has 3 aromatic heterocycles. The molecule has 0 bridgehead atoms. The van der Waals surface area contributed by atoms with Crippen molar-refractivity contribution in [2.75, 3.05) is 5.32 Å². The summed E-state index contributed by atoms with van der Waals surface area (Å²) in [5, 5.41) is 7.82. The van der Waals surface area contributed by atoms with Gasteiger partial charge in [-0.3, -0.25) is 4.68 Å². The molecule has 0 aliphatic heterocycles. The fourth-order valence-corrected chi connectivity index (χ4v) is 4.38. The van der Waals surface area contributed by atoms with Crippen LogP contribution < -0.4 is 5.32 Å². The van der Waals surface area contributed by atoms with Gasteiger partial charge in [0.1, 0.15) is 11.6 Å². The van der Waals surface area contributed by atoms with Gasteiger partial charge in [0.05, 0.1) is 27.6 Å². The van der Waals surface area contributed by atoms with Crippen molar-refractivity contribution < 1.29 is 0 Å². The minimum Gasteiger partial charge on any atom is -0.363 e. The molecule has 31 heavy (non-hydrogen) atoms. The monoisotopic (exact) mass is 426 g/mol. The quantitative estimate of drug-likeness (QED) is 0.394. The average molecular weight is 427 g/mol. The molecule has 1 N–H and O–H groups in total. The highest BCUT2D eigenvalue weighted by atomic mass is 32.1. The van der Waals surface area contributed by atoms with Gasteiger partial charge in [0.2, 0.25) is 0 Å². The lowest BCUT2D eigenvalue weighted by Gasteiger charge is -2.17. The molecule has 1 unspecified atom stereocenters. The average Bonchev–Trinajstić information content (AvgIpc) is 3.41. The van der Waals surface area contributed by atoms with E-state index in [-0.39, 0.29) is 6.04 Å². The predicted octanol–water partition coefficient (Wildman–Crippen LogP) is 5.64. The molecule has 0 radical (unpaired) electrons. The Kier molecular flexibility index (Phi) is 4.95. The van der Waals surface area contributed by atoms with Crippen LogP contribution in [0.1, 0.15) is 24.4 Å². The summed E-state index contributed by atoms with van der Waals surface area (Å²) in [6.45, 7) is 4.07. The number of hydrogen-bond acceptors (Lipinski definition) is 6. The van der Waals surface area contributed by atoms with Gasteiger partial charge in [0.15, 0.2) is 0 Å². The van der Waals surface area contributed by atoms with Crippen molar-refractivity contribution in [2.24, 2.45) is 7.05 Å². The molecule has 0 aliphatic carbocycles. The zero-order chi connectivity index (χ0) is 21.4. The molecule has 3 heterocycles. The third-order valence-corrected chi connectivity index (χ3v) is 6.05. The number of benzene rings is 2. The molecule has 0 saturated heterocycles. The van der Waals surface area contributed by atoms with E-state index in [9.17, 15) is 0 Å². The Balaban J connectivity index is 1.42. The summed E-state index contributed by atoms with van der Waals surface area (Å²) in [6.07, 6.45) is 3.91. The molecule has 5 aromatic rings. The molecule has 7 heteroatoms. The van der Waals surface area contributed by atoms with Crippen LogP contribution >= 0.6 is 11.3 Å². The van der Waals surface area contributed by atoms with E-state index in [4.69, 9.17) is 0 Å². The van der Waals surface area contributed by atoms with Crippen molar-refractivity contribution in [1.29, 1.82) is 0 Å².